The highest BCUT2D eigenvalue weighted by Gasteiger charge is 2.30. The Balaban J connectivity index is 1.84. The Bertz CT molecular complexity index is 627. The van der Waals surface area contributed by atoms with Crippen LogP contribution in [0.4, 0.5) is 13.2 Å². The zero-order valence-corrected chi connectivity index (χ0v) is 13.1. The third-order valence-electron chi connectivity index (χ3n) is 3.07. The number of thiazole rings is 1. The molecule has 0 aliphatic carbocycles. The quantitative estimate of drug-likeness (QED) is 0.872. The third kappa shape index (κ3) is 5.90. The molecule has 1 heterocycles. The maximum absolute atomic E-state index is 12.1. The summed E-state index contributed by atoms with van der Waals surface area (Å²) in [6, 6.07) is 5.52. The molecule has 8 heteroatoms. The van der Waals surface area contributed by atoms with Crippen molar-refractivity contribution in [1.29, 1.82) is 0 Å². The molecule has 1 atom stereocenters. The van der Waals surface area contributed by atoms with E-state index in [2.05, 4.69) is 15.0 Å². The molecule has 1 aromatic carbocycles. The third-order valence-corrected chi connectivity index (χ3v) is 3.71. The van der Waals surface area contributed by atoms with E-state index in [0.717, 1.165) is 11.3 Å². The summed E-state index contributed by atoms with van der Waals surface area (Å²) in [4.78, 5) is 16.1. The number of carbonyl (C=O) groups is 1. The van der Waals surface area contributed by atoms with Gasteiger partial charge >= 0.3 is 6.36 Å². The lowest BCUT2D eigenvalue weighted by Gasteiger charge is -2.13. The van der Waals surface area contributed by atoms with Crippen LogP contribution in [0.1, 0.15) is 18.2 Å². The lowest BCUT2D eigenvalue weighted by Crippen LogP contribution is -2.29. The molecule has 124 valence electrons. The van der Waals surface area contributed by atoms with E-state index in [4.69, 9.17) is 0 Å². The highest BCUT2D eigenvalue weighted by molar-refractivity contribution is 7.07. The minimum atomic E-state index is -4.70. The molecule has 4 nitrogen and oxygen atoms in total. The first-order valence-corrected chi connectivity index (χ1v) is 7.77. The first-order valence-electron chi connectivity index (χ1n) is 6.83. The van der Waals surface area contributed by atoms with Crippen LogP contribution < -0.4 is 10.1 Å². The average Bonchev–Trinajstić information content (AvgIpc) is 2.98. The summed E-state index contributed by atoms with van der Waals surface area (Å²) < 4.78 is 40.0. The SMILES string of the molecule is C[C@@H](Cc1ccc(OC(F)(F)F)cc1)C(=O)NCc1cscn1. The summed E-state index contributed by atoms with van der Waals surface area (Å²) in [5.74, 6) is -0.710. The number of carbonyl (C=O) groups excluding carboxylic acids is 1. The van der Waals surface area contributed by atoms with Crippen LogP contribution in [0.3, 0.4) is 0 Å². The number of benzene rings is 1. The Kier molecular flexibility index (Phi) is 5.59. The van der Waals surface area contributed by atoms with Crippen LogP contribution in [-0.4, -0.2) is 17.3 Å². The van der Waals surface area contributed by atoms with Crippen LogP contribution >= 0.6 is 11.3 Å². The van der Waals surface area contributed by atoms with Crippen molar-refractivity contribution in [2.75, 3.05) is 0 Å². The first kappa shape index (κ1) is 17.3. The fraction of sp³-hybridized carbons (Fsp3) is 0.333. The largest absolute Gasteiger partial charge is 0.573 e. The predicted octanol–water partition coefficient (Wildman–Crippen LogP) is 3.54. The Morgan fingerprint density at radius 2 is 2.04 bits per heavy atom. The molecule has 0 spiro atoms. The van der Waals surface area contributed by atoms with Gasteiger partial charge in [-0.15, -0.1) is 24.5 Å². The minimum Gasteiger partial charge on any atom is -0.406 e. The van der Waals surface area contributed by atoms with Crippen molar-refractivity contribution in [2.24, 2.45) is 5.92 Å². The monoisotopic (exact) mass is 344 g/mol. The van der Waals surface area contributed by atoms with Crippen LogP contribution in [-0.2, 0) is 17.8 Å². The molecule has 0 bridgehead atoms. The molecule has 0 saturated heterocycles. The maximum Gasteiger partial charge on any atom is 0.573 e. The van der Waals surface area contributed by atoms with Gasteiger partial charge in [-0.1, -0.05) is 19.1 Å². The number of amides is 1. The fourth-order valence-electron chi connectivity index (χ4n) is 1.95. The molecule has 0 aliphatic rings. The molecular weight excluding hydrogens is 329 g/mol. The van der Waals surface area contributed by atoms with E-state index in [1.54, 1.807) is 12.4 Å². The van der Waals surface area contributed by atoms with Gasteiger partial charge in [0.2, 0.25) is 5.91 Å². The summed E-state index contributed by atoms with van der Waals surface area (Å²) in [7, 11) is 0. The topological polar surface area (TPSA) is 51.2 Å². The second-order valence-electron chi connectivity index (χ2n) is 4.99. The van der Waals surface area contributed by atoms with Crippen LogP contribution in [0.5, 0.6) is 5.75 Å². The summed E-state index contributed by atoms with van der Waals surface area (Å²) in [6.45, 7) is 2.13. The van der Waals surface area contributed by atoms with Gasteiger partial charge in [0, 0.05) is 11.3 Å². The highest BCUT2D eigenvalue weighted by atomic mass is 32.1. The standard InChI is InChI=1S/C15H15F3N2O2S/c1-10(14(21)19-7-12-8-23-9-20-12)6-11-2-4-13(5-3-11)22-15(16,17)18/h2-5,8-10H,6-7H2,1H3,(H,19,21)/t10-/m0/s1. The Morgan fingerprint density at radius 1 is 1.35 bits per heavy atom. The van der Waals surface area contributed by atoms with Crippen molar-refractivity contribution in [3.63, 3.8) is 0 Å². The molecule has 23 heavy (non-hydrogen) atoms. The number of alkyl halides is 3. The number of halogens is 3. The smallest absolute Gasteiger partial charge is 0.406 e. The lowest BCUT2D eigenvalue weighted by atomic mass is 10.0. The zero-order chi connectivity index (χ0) is 16.9. The van der Waals surface area contributed by atoms with Gasteiger partial charge in [-0.2, -0.15) is 0 Å². The van der Waals surface area contributed by atoms with Crippen molar-refractivity contribution >= 4 is 17.2 Å². The van der Waals surface area contributed by atoms with Crippen LogP contribution in [0.15, 0.2) is 35.2 Å². The summed E-state index contributed by atoms with van der Waals surface area (Å²) in [5, 5.41) is 4.63. The highest BCUT2D eigenvalue weighted by Crippen LogP contribution is 2.23. The van der Waals surface area contributed by atoms with E-state index in [1.165, 1.54) is 35.6 Å². The van der Waals surface area contributed by atoms with Crippen LogP contribution in [0, 0.1) is 5.92 Å². The van der Waals surface area contributed by atoms with E-state index >= 15 is 0 Å². The van der Waals surface area contributed by atoms with Gasteiger partial charge in [-0.05, 0) is 24.1 Å². The van der Waals surface area contributed by atoms with E-state index in [0.29, 0.717) is 13.0 Å². The van der Waals surface area contributed by atoms with E-state index in [-0.39, 0.29) is 17.6 Å². The molecule has 0 radical (unpaired) electrons. The zero-order valence-electron chi connectivity index (χ0n) is 12.3. The van der Waals surface area contributed by atoms with Crippen LogP contribution in [0.25, 0.3) is 0 Å². The van der Waals surface area contributed by atoms with Gasteiger partial charge in [-0.3, -0.25) is 4.79 Å². The van der Waals surface area contributed by atoms with Gasteiger partial charge in [0.15, 0.2) is 0 Å². The molecular formula is C15H15F3N2O2S. The molecule has 2 aromatic rings. The molecule has 1 amide bonds. The second-order valence-corrected chi connectivity index (χ2v) is 5.71. The minimum absolute atomic E-state index is 0.131. The molecule has 0 saturated carbocycles. The fourth-order valence-corrected chi connectivity index (χ4v) is 2.51. The van der Waals surface area contributed by atoms with Gasteiger partial charge in [0.1, 0.15) is 5.75 Å². The predicted molar refractivity (Wildman–Crippen MR) is 80.0 cm³/mol. The number of nitrogens with one attached hydrogen (secondary N) is 1. The number of rotatable bonds is 6. The Morgan fingerprint density at radius 3 is 2.61 bits per heavy atom. The van der Waals surface area contributed by atoms with Crippen molar-refractivity contribution in [3.8, 4) is 5.75 Å². The summed E-state index contributed by atoms with van der Waals surface area (Å²) in [6.07, 6.45) is -4.28. The van der Waals surface area contributed by atoms with Crippen molar-refractivity contribution in [3.05, 3.63) is 46.4 Å². The Hall–Kier alpha value is -2.09. The number of ether oxygens (including phenoxy) is 1. The average molecular weight is 344 g/mol. The lowest BCUT2D eigenvalue weighted by molar-refractivity contribution is -0.274. The molecule has 1 aromatic heterocycles. The Labute approximate surface area is 135 Å². The van der Waals surface area contributed by atoms with E-state index < -0.39 is 6.36 Å². The molecule has 0 unspecified atom stereocenters. The van der Waals surface area contributed by atoms with Gasteiger partial charge in [-0.25, -0.2) is 4.98 Å². The van der Waals surface area contributed by atoms with Gasteiger partial charge in [0.05, 0.1) is 17.7 Å². The molecule has 2 rings (SSSR count). The summed E-state index contributed by atoms with van der Waals surface area (Å²) >= 11 is 1.45. The van der Waals surface area contributed by atoms with Crippen molar-refractivity contribution in [2.45, 2.75) is 26.3 Å². The number of aromatic nitrogens is 1. The van der Waals surface area contributed by atoms with E-state index in [9.17, 15) is 18.0 Å². The number of hydrogen-bond acceptors (Lipinski definition) is 4. The van der Waals surface area contributed by atoms with Crippen molar-refractivity contribution < 1.29 is 22.7 Å². The number of hydrogen-bond donors (Lipinski definition) is 1. The van der Waals surface area contributed by atoms with Crippen LogP contribution in [0.2, 0.25) is 0 Å². The molecule has 1 N–H and O–H groups in total. The molecule has 0 aliphatic heterocycles. The first-order chi connectivity index (χ1) is 10.8. The van der Waals surface area contributed by atoms with Gasteiger partial charge in [0.25, 0.3) is 0 Å². The van der Waals surface area contributed by atoms with E-state index in [1.807, 2.05) is 5.38 Å². The maximum atomic E-state index is 12.1. The van der Waals surface area contributed by atoms with Gasteiger partial charge < -0.3 is 10.1 Å². The van der Waals surface area contributed by atoms with Crippen molar-refractivity contribution in [1.82, 2.24) is 10.3 Å². The molecule has 0 fully saturated rings. The second kappa shape index (κ2) is 7.45. The normalized spacial score (nSPS) is 12.7. The summed E-state index contributed by atoms with van der Waals surface area (Å²) in [5.41, 5.74) is 3.25. The number of nitrogens with zero attached hydrogens (tertiary/aromatic N) is 1.